The third kappa shape index (κ3) is 3.79. The molecule has 0 spiro atoms. The normalized spacial score (nSPS) is 11.1. The Morgan fingerprint density at radius 1 is 1.04 bits per heavy atom. The third-order valence-corrected chi connectivity index (χ3v) is 6.37. The Balaban J connectivity index is 1.60. The molecular formula is C20H14F2N2OS2. The molecule has 3 nitrogen and oxygen atoms in total. The number of benzene rings is 2. The zero-order chi connectivity index (χ0) is 18.8. The van der Waals surface area contributed by atoms with Gasteiger partial charge in [-0.1, -0.05) is 18.2 Å². The first-order valence-corrected chi connectivity index (χ1v) is 9.90. The lowest BCUT2D eigenvalue weighted by Gasteiger charge is -2.05. The van der Waals surface area contributed by atoms with Gasteiger partial charge in [0.15, 0.2) is 11.6 Å². The molecule has 136 valence electrons. The van der Waals surface area contributed by atoms with Crippen LogP contribution in [-0.4, -0.2) is 17.1 Å². The van der Waals surface area contributed by atoms with E-state index in [1.54, 1.807) is 29.5 Å². The maximum atomic E-state index is 13.9. The van der Waals surface area contributed by atoms with Crippen LogP contribution in [0.1, 0.15) is 5.56 Å². The Morgan fingerprint density at radius 3 is 2.59 bits per heavy atom. The molecule has 0 saturated heterocycles. The molecule has 0 atom stereocenters. The van der Waals surface area contributed by atoms with Crippen LogP contribution >= 0.6 is 23.1 Å². The molecule has 2 heterocycles. The van der Waals surface area contributed by atoms with Crippen LogP contribution in [-0.2, 0) is 5.75 Å². The highest BCUT2D eigenvalue weighted by atomic mass is 32.2. The summed E-state index contributed by atoms with van der Waals surface area (Å²) in [6.07, 6.45) is 1.53. The third-order valence-electron chi connectivity index (χ3n) is 4.00. The van der Waals surface area contributed by atoms with Gasteiger partial charge in [0.25, 0.3) is 0 Å². The minimum Gasteiger partial charge on any atom is -0.494 e. The number of hydrogen-bond donors (Lipinski definition) is 0. The number of halogens is 2. The molecule has 0 saturated carbocycles. The van der Waals surface area contributed by atoms with Gasteiger partial charge in [0, 0.05) is 10.6 Å². The second-order valence-electron chi connectivity index (χ2n) is 5.77. The smallest absolute Gasteiger partial charge is 0.165 e. The SMILES string of the molecule is COc1ccc(CSc2ncnc3cc(-c4ccc(F)cc4)sc23)cc1F. The van der Waals surface area contributed by atoms with Crippen molar-refractivity contribution in [3.8, 4) is 16.2 Å². The average molecular weight is 400 g/mol. The Labute approximate surface area is 163 Å². The van der Waals surface area contributed by atoms with Crippen molar-refractivity contribution in [2.75, 3.05) is 7.11 Å². The maximum Gasteiger partial charge on any atom is 0.165 e. The number of hydrogen-bond acceptors (Lipinski definition) is 5. The lowest BCUT2D eigenvalue weighted by molar-refractivity contribution is 0.386. The van der Waals surface area contributed by atoms with Gasteiger partial charge >= 0.3 is 0 Å². The highest BCUT2D eigenvalue weighted by molar-refractivity contribution is 7.98. The second-order valence-corrected chi connectivity index (χ2v) is 7.78. The van der Waals surface area contributed by atoms with Crippen molar-refractivity contribution < 1.29 is 13.5 Å². The van der Waals surface area contributed by atoms with E-state index in [1.165, 1.54) is 43.4 Å². The summed E-state index contributed by atoms with van der Waals surface area (Å²) in [5.41, 5.74) is 2.63. The van der Waals surface area contributed by atoms with E-state index in [4.69, 9.17) is 4.74 Å². The van der Waals surface area contributed by atoms with Crippen LogP contribution in [0, 0.1) is 11.6 Å². The van der Waals surface area contributed by atoms with Crippen molar-refractivity contribution in [2.45, 2.75) is 10.8 Å². The van der Waals surface area contributed by atoms with E-state index in [2.05, 4.69) is 9.97 Å². The zero-order valence-electron chi connectivity index (χ0n) is 14.3. The molecule has 4 aromatic rings. The number of aromatic nitrogens is 2. The van der Waals surface area contributed by atoms with Crippen LogP contribution in [0.2, 0.25) is 0 Å². The minimum absolute atomic E-state index is 0.232. The summed E-state index contributed by atoms with van der Waals surface area (Å²) >= 11 is 3.09. The standard InChI is InChI=1S/C20H14F2N2OS2/c1-25-17-7-2-12(8-15(17)22)10-26-20-19-16(23-11-24-20)9-18(27-19)13-3-5-14(21)6-4-13/h2-9,11H,10H2,1H3. The molecule has 0 aliphatic rings. The Kier molecular flexibility index (Phi) is 5.05. The number of ether oxygens (including phenoxy) is 1. The molecule has 0 N–H and O–H groups in total. The van der Waals surface area contributed by atoms with Crippen molar-refractivity contribution in [1.29, 1.82) is 0 Å². The molecule has 2 aromatic carbocycles. The van der Waals surface area contributed by atoms with Crippen LogP contribution in [0.15, 0.2) is 59.9 Å². The van der Waals surface area contributed by atoms with Gasteiger partial charge in [-0.2, -0.15) is 0 Å². The Bertz CT molecular complexity index is 1100. The molecule has 2 aromatic heterocycles. The molecular weight excluding hydrogens is 386 g/mol. The molecule has 0 unspecified atom stereocenters. The summed E-state index contributed by atoms with van der Waals surface area (Å²) in [6.45, 7) is 0. The van der Waals surface area contributed by atoms with E-state index in [9.17, 15) is 8.78 Å². The summed E-state index contributed by atoms with van der Waals surface area (Å²) in [4.78, 5) is 9.72. The van der Waals surface area contributed by atoms with Crippen molar-refractivity contribution in [1.82, 2.24) is 9.97 Å². The number of fused-ring (bicyclic) bond motifs is 1. The van der Waals surface area contributed by atoms with Crippen LogP contribution in [0.4, 0.5) is 8.78 Å². The quantitative estimate of drug-likeness (QED) is 0.307. The van der Waals surface area contributed by atoms with Gasteiger partial charge < -0.3 is 4.74 Å². The molecule has 0 fully saturated rings. The second kappa shape index (κ2) is 7.62. The van der Waals surface area contributed by atoms with Gasteiger partial charge in [0.2, 0.25) is 0 Å². The fraction of sp³-hybridized carbons (Fsp3) is 0.100. The summed E-state index contributed by atoms with van der Waals surface area (Å²) in [7, 11) is 1.44. The first kappa shape index (κ1) is 17.9. The van der Waals surface area contributed by atoms with Crippen LogP contribution in [0.5, 0.6) is 5.75 Å². The summed E-state index contributed by atoms with van der Waals surface area (Å²) in [6, 6.07) is 13.3. The number of thiophene rings is 1. The highest BCUT2D eigenvalue weighted by Gasteiger charge is 2.12. The molecule has 0 amide bonds. The molecule has 0 aliphatic carbocycles. The number of thioether (sulfide) groups is 1. The Morgan fingerprint density at radius 2 is 1.85 bits per heavy atom. The molecule has 0 aliphatic heterocycles. The van der Waals surface area contributed by atoms with Gasteiger partial charge in [-0.3, -0.25) is 0 Å². The van der Waals surface area contributed by atoms with Gasteiger partial charge in [-0.05, 0) is 41.5 Å². The van der Waals surface area contributed by atoms with Crippen molar-refractivity contribution in [2.24, 2.45) is 0 Å². The lowest BCUT2D eigenvalue weighted by Crippen LogP contribution is -1.90. The summed E-state index contributed by atoms with van der Waals surface area (Å²) in [5.74, 6) is 0.174. The fourth-order valence-corrected chi connectivity index (χ4v) is 4.79. The maximum absolute atomic E-state index is 13.9. The van der Waals surface area contributed by atoms with E-state index >= 15 is 0 Å². The number of nitrogens with zero attached hydrogens (tertiary/aromatic N) is 2. The van der Waals surface area contributed by atoms with Crippen molar-refractivity contribution >= 4 is 33.3 Å². The largest absolute Gasteiger partial charge is 0.494 e. The molecule has 0 bridgehead atoms. The monoisotopic (exact) mass is 400 g/mol. The first-order valence-electron chi connectivity index (χ1n) is 8.10. The summed E-state index contributed by atoms with van der Waals surface area (Å²) < 4.78 is 32.9. The average Bonchev–Trinajstić information content (AvgIpc) is 3.12. The fourth-order valence-electron chi connectivity index (χ4n) is 2.64. The van der Waals surface area contributed by atoms with Crippen molar-refractivity contribution in [3.63, 3.8) is 0 Å². The van der Waals surface area contributed by atoms with Gasteiger partial charge in [0.1, 0.15) is 17.2 Å². The van der Waals surface area contributed by atoms with Crippen LogP contribution in [0.25, 0.3) is 20.7 Å². The predicted molar refractivity (Wildman–Crippen MR) is 105 cm³/mol. The van der Waals surface area contributed by atoms with E-state index in [-0.39, 0.29) is 17.4 Å². The molecule has 4 rings (SSSR count). The minimum atomic E-state index is -0.377. The summed E-state index contributed by atoms with van der Waals surface area (Å²) in [5, 5.41) is 0.842. The topological polar surface area (TPSA) is 35.0 Å². The molecule has 27 heavy (non-hydrogen) atoms. The highest BCUT2D eigenvalue weighted by Crippen LogP contribution is 2.37. The van der Waals surface area contributed by atoms with Crippen LogP contribution < -0.4 is 4.74 Å². The van der Waals surface area contributed by atoms with Gasteiger partial charge in [-0.15, -0.1) is 23.1 Å². The lowest BCUT2D eigenvalue weighted by atomic mass is 10.2. The zero-order valence-corrected chi connectivity index (χ0v) is 15.9. The first-order chi connectivity index (χ1) is 13.1. The molecule has 0 radical (unpaired) electrons. The van der Waals surface area contributed by atoms with Crippen LogP contribution in [0.3, 0.4) is 0 Å². The number of rotatable bonds is 5. The number of methoxy groups -OCH3 is 1. The van der Waals surface area contributed by atoms with E-state index in [0.29, 0.717) is 5.75 Å². The van der Waals surface area contributed by atoms with E-state index < -0.39 is 0 Å². The Hall–Kier alpha value is -2.51. The van der Waals surface area contributed by atoms with E-state index in [1.807, 2.05) is 12.1 Å². The van der Waals surface area contributed by atoms with Crippen molar-refractivity contribution in [3.05, 3.63) is 72.1 Å². The molecule has 7 heteroatoms. The predicted octanol–water partition coefficient (Wildman–Crippen LogP) is 5.94. The van der Waals surface area contributed by atoms with E-state index in [0.717, 1.165) is 31.2 Å². The van der Waals surface area contributed by atoms with Gasteiger partial charge in [0.05, 0.1) is 17.3 Å². The van der Waals surface area contributed by atoms with Gasteiger partial charge in [-0.25, -0.2) is 18.7 Å².